The molecule has 1 aromatic heterocycles. The molecule has 1 fully saturated rings. The minimum Gasteiger partial charge on any atom is -0.501 e. The second-order valence-electron chi connectivity index (χ2n) is 9.12. The Hall–Kier alpha value is -4.21. The number of fused-ring (bicyclic) bond motifs is 2. The van der Waals surface area contributed by atoms with Crippen LogP contribution in [0.15, 0.2) is 59.4 Å². The third-order valence-electron chi connectivity index (χ3n) is 6.83. The zero-order valence-electron chi connectivity index (χ0n) is 19.4. The third kappa shape index (κ3) is 4.41. The van der Waals surface area contributed by atoms with Crippen molar-refractivity contribution >= 4 is 12.0 Å². The van der Waals surface area contributed by atoms with Gasteiger partial charge in [0, 0.05) is 12.6 Å². The van der Waals surface area contributed by atoms with Gasteiger partial charge in [0.1, 0.15) is 23.8 Å². The van der Waals surface area contributed by atoms with Crippen LogP contribution in [0.2, 0.25) is 0 Å². The summed E-state index contributed by atoms with van der Waals surface area (Å²) < 4.78 is 19.9. The smallest absolute Gasteiger partial charge is 0.408 e. The highest BCUT2D eigenvalue weighted by Crippen LogP contribution is 2.46. The maximum absolute atomic E-state index is 13.1. The van der Waals surface area contributed by atoms with Gasteiger partial charge in [-0.25, -0.2) is 14.2 Å². The number of aromatic nitrogens is 2. The van der Waals surface area contributed by atoms with Crippen LogP contribution in [-0.4, -0.2) is 26.7 Å². The molecule has 1 aliphatic carbocycles. The molecule has 2 bridgehead atoms. The molecule has 0 spiro atoms. The highest BCUT2D eigenvalue weighted by atomic mass is 19.1. The summed E-state index contributed by atoms with van der Waals surface area (Å²) in [6.45, 7) is 0.134. The van der Waals surface area contributed by atoms with Crippen LogP contribution in [0.25, 0.3) is 0 Å². The van der Waals surface area contributed by atoms with Crippen molar-refractivity contribution in [1.82, 2.24) is 20.2 Å². The Balaban J connectivity index is 1.39. The lowest BCUT2D eigenvalue weighted by molar-refractivity contribution is 0.0851. The van der Waals surface area contributed by atoms with Crippen molar-refractivity contribution in [3.63, 3.8) is 0 Å². The second kappa shape index (κ2) is 9.44. The fourth-order valence-corrected chi connectivity index (χ4v) is 4.94. The van der Waals surface area contributed by atoms with Gasteiger partial charge in [-0.05, 0) is 48.9 Å². The fourth-order valence-electron chi connectivity index (χ4n) is 4.94. The maximum atomic E-state index is 13.1. The van der Waals surface area contributed by atoms with Crippen LogP contribution in [0, 0.1) is 5.82 Å². The number of carbonyl (C=O) groups excluding carboxylic acids is 2. The van der Waals surface area contributed by atoms with Crippen LogP contribution in [0.4, 0.5) is 9.18 Å². The monoisotopic (exact) mass is 492 g/mol. The minimum atomic E-state index is -0.999. The summed E-state index contributed by atoms with van der Waals surface area (Å²) in [6, 6.07) is 14.6. The van der Waals surface area contributed by atoms with Gasteiger partial charge in [0.05, 0.1) is 0 Å². The van der Waals surface area contributed by atoms with Gasteiger partial charge < -0.3 is 20.5 Å². The topological polar surface area (TPSA) is 123 Å². The summed E-state index contributed by atoms with van der Waals surface area (Å²) in [6.07, 6.45) is 1.61. The average Bonchev–Trinajstić information content (AvgIpc) is 2.90. The quantitative estimate of drug-likeness (QED) is 0.486. The van der Waals surface area contributed by atoms with Gasteiger partial charge in [-0.1, -0.05) is 42.5 Å². The zero-order valence-corrected chi connectivity index (χ0v) is 19.4. The lowest BCUT2D eigenvalue weighted by atomic mass is 9.74. The number of aromatic hydroxyl groups is 1. The van der Waals surface area contributed by atoms with Crippen molar-refractivity contribution in [3.8, 4) is 5.75 Å². The molecule has 3 aliphatic rings. The molecule has 2 amide bonds. The van der Waals surface area contributed by atoms with Crippen LogP contribution >= 0.6 is 0 Å². The summed E-state index contributed by atoms with van der Waals surface area (Å²) in [5.41, 5.74) is -0.670. The van der Waals surface area contributed by atoms with Gasteiger partial charge in [0.15, 0.2) is 5.69 Å². The molecule has 0 unspecified atom stereocenters. The molecular formula is C26H25FN4O5. The van der Waals surface area contributed by atoms with Gasteiger partial charge in [-0.3, -0.25) is 14.2 Å². The van der Waals surface area contributed by atoms with Crippen molar-refractivity contribution in [2.75, 3.05) is 0 Å². The Labute approximate surface area is 205 Å². The molecule has 186 valence electrons. The third-order valence-corrected chi connectivity index (χ3v) is 6.83. The molecule has 36 heavy (non-hydrogen) atoms. The number of nitrogens with one attached hydrogen (secondary N) is 2. The number of nitrogens with zero attached hydrogens (tertiary/aromatic N) is 2. The van der Waals surface area contributed by atoms with E-state index in [-0.39, 0.29) is 25.0 Å². The Morgan fingerprint density at radius 2 is 1.78 bits per heavy atom. The number of rotatable bonds is 6. The highest BCUT2D eigenvalue weighted by Gasteiger charge is 2.49. The number of hydrogen-bond acceptors (Lipinski definition) is 6. The van der Waals surface area contributed by atoms with Gasteiger partial charge in [-0.2, -0.15) is 0 Å². The summed E-state index contributed by atoms with van der Waals surface area (Å²) in [4.78, 5) is 43.1. The van der Waals surface area contributed by atoms with Crippen molar-refractivity contribution in [1.29, 1.82) is 0 Å². The van der Waals surface area contributed by atoms with Crippen molar-refractivity contribution in [2.45, 2.75) is 50.4 Å². The van der Waals surface area contributed by atoms with E-state index in [0.29, 0.717) is 31.2 Å². The molecule has 1 saturated carbocycles. The number of hydrogen-bond donors (Lipinski definition) is 3. The SMILES string of the molecule is O=C(NC12CCC(CC1)n1c2nc(C(=O)NCc2ccc(F)cc2)c(O)c1=O)OCc1ccccc1. The average molecular weight is 493 g/mol. The highest BCUT2D eigenvalue weighted by molar-refractivity contribution is 5.94. The Bertz CT molecular complexity index is 1350. The van der Waals surface area contributed by atoms with Crippen LogP contribution in [0.3, 0.4) is 0 Å². The summed E-state index contributed by atoms with van der Waals surface area (Å²) in [5, 5.41) is 16.0. The largest absolute Gasteiger partial charge is 0.501 e. The fraction of sp³-hybridized carbons (Fsp3) is 0.308. The van der Waals surface area contributed by atoms with Crippen LogP contribution in [0.5, 0.6) is 5.75 Å². The Morgan fingerprint density at radius 3 is 2.47 bits per heavy atom. The number of ether oxygens (including phenoxy) is 1. The molecule has 0 atom stereocenters. The van der Waals surface area contributed by atoms with Crippen molar-refractivity contribution < 1.29 is 23.8 Å². The van der Waals surface area contributed by atoms with Crippen LogP contribution in [0.1, 0.15) is 59.2 Å². The first kappa shape index (κ1) is 23.5. The lowest BCUT2D eigenvalue weighted by Crippen LogP contribution is -2.57. The number of halogens is 1. The zero-order chi connectivity index (χ0) is 25.3. The van der Waals surface area contributed by atoms with Gasteiger partial charge in [0.2, 0.25) is 5.75 Å². The second-order valence-corrected chi connectivity index (χ2v) is 9.12. The van der Waals surface area contributed by atoms with E-state index in [2.05, 4.69) is 15.6 Å². The molecule has 2 aliphatic heterocycles. The molecule has 0 radical (unpaired) electrons. The summed E-state index contributed by atoms with van der Waals surface area (Å²) in [5.74, 6) is -1.66. The molecular weight excluding hydrogens is 467 g/mol. The van der Waals surface area contributed by atoms with E-state index in [4.69, 9.17) is 4.74 Å². The summed E-state index contributed by atoms with van der Waals surface area (Å²) >= 11 is 0. The normalized spacial score (nSPS) is 19.9. The lowest BCUT2D eigenvalue weighted by Gasteiger charge is -2.47. The van der Waals surface area contributed by atoms with E-state index in [9.17, 15) is 23.9 Å². The molecule has 9 nitrogen and oxygen atoms in total. The molecule has 2 aromatic carbocycles. The van der Waals surface area contributed by atoms with Gasteiger partial charge in [0.25, 0.3) is 11.5 Å². The minimum absolute atomic E-state index is 0.0521. The Morgan fingerprint density at radius 1 is 1.08 bits per heavy atom. The molecule has 6 rings (SSSR count). The van der Waals surface area contributed by atoms with E-state index >= 15 is 0 Å². The number of benzene rings is 2. The Kier molecular flexibility index (Phi) is 6.17. The predicted octanol–water partition coefficient (Wildman–Crippen LogP) is 3.27. The maximum Gasteiger partial charge on any atom is 0.408 e. The number of alkyl carbamates (subject to hydrolysis) is 1. The first-order valence-corrected chi connectivity index (χ1v) is 11.7. The predicted molar refractivity (Wildman–Crippen MR) is 127 cm³/mol. The van der Waals surface area contributed by atoms with E-state index in [1.54, 1.807) is 0 Å². The molecule has 10 heteroatoms. The van der Waals surface area contributed by atoms with Crippen molar-refractivity contribution in [2.24, 2.45) is 0 Å². The van der Waals surface area contributed by atoms with Gasteiger partial charge >= 0.3 is 6.09 Å². The van der Waals surface area contributed by atoms with E-state index < -0.39 is 40.4 Å². The van der Waals surface area contributed by atoms with Gasteiger partial charge in [-0.15, -0.1) is 0 Å². The standard InChI is InChI=1S/C26H25FN4O5/c27-18-8-6-16(7-9-18)14-28-22(33)20-21(32)23(34)31-19-10-12-26(13-11-19,24(31)29-20)30-25(35)36-15-17-4-2-1-3-5-17/h1-9,19,32H,10-15H2,(H,28,33)(H,30,35). The van der Waals surface area contributed by atoms with Crippen molar-refractivity contribution in [3.05, 3.63) is 93.4 Å². The van der Waals surface area contributed by atoms with Crippen LogP contribution < -0.4 is 16.2 Å². The molecule has 0 saturated heterocycles. The number of carbonyl (C=O) groups is 2. The van der Waals surface area contributed by atoms with Crippen LogP contribution in [-0.2, 0) is 23.4 Å². The molecule has 3 heterocycles. The van der Waals surface area contributed by atoms with E-state index in [0.717, 1.165) is 5.56 Å². The molecule has 3 aromatic rings. The van der Waals surface area contributed by atoms with E-state index in [1.807, 2.05) is 30.3 Å². The molecule has 3 N–H and O–H groups in total. The summed E-state index contributed by atoms with van der Waals surface area (Å²) in [7, 11) is 0. The first-order chi connectivity index (χ1) is 17.4. The first-order valence-electron chi connectivity index (χ1n) is 11.7. The van der Waals surface area contributed by atoms with E-state index in [1.165, 1.54) is 28.8 Å². The number of amides is 2.